The van der Waals surface area contributed by atoms with Crippen molar-refractivity contribution < 1.29 is 8.98 Å². The van der Waals surface area contributed by atoms with E-state index in [0.29, 0.717) is 5.02 Å². The first kappa shape index (κ1) is 23.7. The normalized spacial score (nSPS) is 16.8. The van der Waals surface area contributed by atoms with Crippen molar-refractivity contribution in [2.75, 3.05) is 0 Å². The van der Waals surface area contributed by atoms with E-state index in [0.717, 1.165) is 5.56 Å². The number of benzene rings is 1. The van der Waals surface area contributed by atoms with Crippen molar-refractivity contribution in [2.45, 2.75) is 76.6 Å². The first-order valence-electron chi connectivity index (χ1n) is 8.93. The molecular weight excluding hydrogens is 382 g/mol. The van der Waals surface area contributed by atoms with E-state index in [2.05, 4.69) is 45.2 Å². The lowest BCUT2D eigenvalue weighted by Gasteiger charge is -2.41. The van der Waals surface area contributed by atoms with Gasteiger partial charge in [0.25, 0.3) is 0 Å². The fraction of sp³-hybridized carbons (Fsp3) is 0.600. The standard InChI is InChI=1S/C20H34ClNO2SSi/c1-10-17(22-25(23)19(2,3)4)18(15-12-11-13-16(21)14-15)24-26(8,9)20(5,6)7/h10-14,17-18,22H,1H2,2-9H3. The Bertz CT molecular complexity index is 611. The zero-order valence-electron chi connectivity index (χ0n) is 17.4. The van der Waals surface area contributed by atoms with E-state index >= 15 is 0 Å². The highest BCUT2D eigenvalue weighted by Crippen LogP contribution is 2.41. The molecule has 0 aliphatic carbocycles. The molecule has 1 aromatic rings. The summed E-state index contributed by atoms with van der Waals surface area (Å²) in [5, 5.41) is 0.713. The number of nitrogens with one attached hydrogen (secondary N) is 1. The SMILES string of the molecule is C=CC(N[S+]([O-])C(C)(C)C)C(O[Si](C)(C)C(C)(C)C)c1cccc(Cl)c1. The summed E-state index contributed by atoms with van der Waals surface area (Å²) in [7, 11) is -2.07. The minimum absolute atomic E-state index is 0.0543. The van der Waals surface area contributed by atoms with Crippen LogP contribution in [-0.2, 0) is 15.8 Å². The molecule has 0 amide bonds. The lowest BCUT2D eigenvalue weighted by molar-refractivity contribution is 0.163. The summed E-state index contributed by atoms with van der Waals surface area (Å²) in [6.07, 6.45) is 1.47. The van der Waals surface area contributed by atoms with Crippen LogP contribution in [0.1, 0.15) is 53.2 Å². The molecule has 0 aliphatic rings. The maximum atomic E-state index is 12.7. The predicted molar refractivity (Wildman–Crippen MR) is 117 cm³/mol. The van der Waals surface area contributed by atoms with Gasteiger partial charge in [0.15, 0.2) is 8.32 Å². The zero-order valence-corrected chi connectivity index (χ0v) is 19.9. The summed E-state index contributed by atoms with van der Waals surface area (Å²) in [6.45, 7) is 20.8. The lowest BCUT2D eigenvalue weighted by atomic mass is 10.0. The van der Waals surface area contributed by atoms with E-state index in [4.69, 9.17) is 16.0 Å². The Morgan fingerprint density at radius 2 is 1.81 bits per heavy atom. The van der Waals surface area contributed by atoms with E-state index in [1.165, 1.54) is 0 Å². The Morgan fingerprint density at radius 1 is 1.23 bits per heavy atom. The highest BCUT2D eigenvalue weighted by atomic mass is 35.5. The van der Waals surface area contributed by atoms with Crippen LogP contribution in [0.3, 0.4) is 0 Å². The van der Waals surface area contributed by atoms with Gasteiger partial charge in [0.1, 0.15) is 4.75 Å². The fourth-order valence-electron chi connectivity index (χ4n) is 2.06. The average Bonchev–Trinajstić information content (AvgIpc) is 2.48. The summed E-state index contributed by atoms with van der Waals surface area (Å²) < 4.78 is 22.2. The van der Waals surface area contributed by atoms with Gasteiger partial charge < -0.3 is 8.98 Å². The molecule has 1 N–H and O–H groups in total. The molecule has 1 rings (SSSR count). The third-order valence-corrected chi connectivity index (χ3v) is 11.1. The maximum Gasteiger partial charge on any atom is 0.193 e. The molecule has 3 unspecified atom stereocenters. The van der Waals surface area contributed by atoms with Gasteiger partial charge in [-0.2, -0.15) is 0 Å². The van der Waals surface area contributed by atoms with Crippen LogP contribution in [0.5, 0.6) is 0 Å². The van der Waals surface area contributed by atoms with E-state index in [1.54, 1.807) is 6.08 Å². The molecular formula is C20H34ClNO2SSi. The number of hydrogen-bond acceptors (Lipinski definition) is 3. The molecule has 0 saturated carbocycles. The summed E-state index contributed by atoms with van der Waals surface area (Å²) >= 11 is 4.99. The zero-order chi connectivity index (χ0) is 20.3. The van der Waals surface area contributed by atoms with Gasteiger partial charge in [-0.3, -0.25) is 0 Å². The average molecular weight is 416 g/mol. The molecule has 0 bridgehead atoms. The van der Waals surface area contributed by atoms with Gasteiger partial charge in [-0.15, -0.1) is 11.3 Å². The number of halogens is 1. The highest BCUT2D eigenvalue weighted by Gasteiger charge is 2.42. The summed E-state index contributed by atoms with van der Waals surface area (Å²) in [6, 6.07) is 7.39. The monoisotopic (exact) mass is 415 g/mol. The van der Waals surface area contributed by atoms with Gasteiger partial charge in [-0.05, 0) is 56.6 Å². The second kappa shape index (κ2) is 8.80. The quantitative estimate of drug-likeness (QED) is 0.337. The van der Waals surface area contributed by atoms with Crippen LogP contribution in [0, 0.1) is 0 Å². The molecule has 0 spiro atoms. The molecule has 0 aliphatic heterocycles. The lowest BCUT2D eigenvalue weighted by Crippen LogP contribution is -2.50. The Hall–Kier alpha value is -0.303. The van der Waals surface area contributed by atoms with Crippen molar-refractivity contribution in [1.29, 1.82) is 0 Å². The molecule has 0 saturated heterocycles. The second-order valence-corrected chi connectivity index (χ2v) is 16.3. The van der Waals surface area contributed by atoms with Crippen molar-refractivity contribution in [3.8, 4) is 0 Å². The van der Waals surface area contributed by atoms with Crippen LogP contribution < -0.4 is 4.72 Å². The van der Waals surface area contributed by atoms with Crippen LogP contribution in [0.25, 0.3) is 0 Å². The molecule has 0 aromatic heterocycles. The van der Waals surface area contributed by atoms with Gasteiger partial charge in [0, 0.05) is 16.4 Å². The van der Waals surface area contributed by atoms with Gasteiger partial charge in [-0.25, -0.2) is 0 Å². The molecule has 26 heavy (non-hydrogen) atoms. The van der Waals surface area contributed by atoms with Crippen molar-refractivity contribution in [2.24, 2.45) is 0 Å². The minimum Gasteiger partial charge on any atom is -0.598 e. The van der Waals surface area contributed by atoms with Gasteiger partial charge in [0.05, 0.1) is 12.1 Å². The molecule has 0 radical (unpaired) electrons. The third kappa shape index (κ3) is 6.39. The van der Waals surface area contributed by atoms with Crippen molar-refractivity contribution in [3.63, 3.8) is 0 Å². The van der Waals surface area contributed by atoms with Gasteiger partial charge in [-0.1, -0.05) is 50.6 Å². The van der Waals surface area contributed by atoms with Gasteiger partial charge >= 0.3 is 0 Å². The fourth-order valence-corrected chi connectivity index (χ4v) is 4.35. The summed E-state index contributed by atoms with van der Waals surface area (Å²) in [5.74, 6) is 0. The Morgan fingerprint density at radius 3 is 2.23 bits per heavy atom. The molecule has 3 nitrogen and oxygen atoms in total. The molecule has 6 heteroatoms. The topological polar surface area (TPSA) is 44.3 Å². The predicted octanol–water partition coefficient (Wildman–Crippen LogP) is 6.01. The van der Waals surface area contributed by atoms with Crippen molar-refractivity contribution >= 4 is 31.3 Å². The molecule has 0 fully saturated rings. The van der Waals surface area contributed by atoms with Crippen molar-refractivity contribution in [3.05, 3.63) is 47.5 Å². The smallest absolute Gasteiger partial charge is 0.193 e. The van der Waals surface area contributed by atoms with Crippen molar-refractivity contribution in [1.82, 2.24) is 4.72 Å². The minimum atomic E-state index is -2.07. The van der Waals surface area contributed by atoms with E-state index in [9.17, 15) is 4.55 Å². The largest absolute Gasteiger partial charge is 0.598 e. The number of rotatable bonds is 7. The summed E-state index contributed by atoms with van der Waals surface area (Å²) in [5.41, 5.74) is 0.964. The first-order valence-corrected chi connectivity index (χ1v) is 13.4. The van der Waals surface area contributed by atoms with Gasteiger partial charge in [0.2, 0.25) is 0 Å². The maximum absolute atomic E-state index is 12.7. The Labute approximate surface area is 169 Å². The van der Waals surface area contributed by atoms with E-state index < -0.39 is 19.7 Å². The summed E-state index contributed by atoms with van der Waals surface area (Å²) in [4.78, 5) is 0. The Balaban J connectivity index is 3.28. The van der Waals surface area contributed by atoms with Crippen LogP contribution in [0.4, 0.5) is 0 Å². The molecule has 1 aromatic carbocycles. The highest BCUT2D eigenvalue weighted by molar-refractivity contribution is 7.90. The molecule has 0 heterocycles. The first-order chi connectivity index (χ1) is 11.7. The number of hydrogen-bond donors (Lipinski definition) is 1. The molecule has 3 atom stereocenters. The van der Waals surface area contributed by atoms with Crippen LogP contribution in [-0.4, -0.2) is 23.7 Å². The third-order valence-electron chi connectivity index (χ3n) is 4.78. The second-order valence-electron chi connectivity index (χ2n) is 9.11. The van der Waals surface area contributed by atoms with Crippen LogP contribution in [0.15, 0.2) is 36.9 Å². The van der Waals surface area contributed by atoms with E-state index in [-0.39, 0.29) is 21.9 Å². The van der Waals surface area contributed by atoms with Crippen LogP contribution in [0.2, 0.25) is 23.2 Å². The molecule has 148 valence electrons. The van der Waals surface area contributed by atoms with Crippen LogP contribution >= 0.6 is 11.6 Å². The van der Waals surface area contributed by atoms with E-state index in [1.807, 2.05) is 45.0 Å². The Kier molecular flexibility index (Phi) is 8.03.